The first-order valence-corrected chi connectivity index (χ1v) is 7.06. The summed E-state index contributed by atoms with van der Waals surface area (Å²) < 4.78 is 5.35. The van der Waals surface area contributed by atoms with Crippen molar-refractivity contribution >= 4 is 11.6 Å². The smallest absolute Gasteiger partial charge is 0.262 e. The Balaban J connectivity index is 1.66. The number of amides is 1. The van der Waals surface area contributed by atoms with Crippen LogP contribution in [0.3, 0.4) is 0 Å². The van der Waals surface area contributed by atoms with Crippen molar-refractivity contribution in [3.8, 4) is 5.75 Å². The highest BCUT2D eigenvalue weighted by Gasteiger charge is 2.15. The number of benzene rings is 2. The van der Waals surface area contributed by atoms with E-state index < -0.39 is 0 Å². The molecule has 4 nitrogen and oxygen atoms in total. The van der Waals surface area contributed by atoms with E-state index in [-0.39, 0.29) is 18.6 Å². The standard InChI is InChI=1S/C17H18N2O2/c1-12(14-5-3-2-4-6-14)18-10-13-7-8-16-15(9-13)19-17(20)11-21-16/h2-9,12,18H,10-11H2,1H3,(H,19,20). The lowest BCUT2D eigenvalue weighted by Crippen LogP contribution is -2.25. The number of fused-ring (bicyclic) bond motifs is 1. The van der Waals surface area contributed by atoms with Crippen LogP contribution < -0.4 is 15.4 Å². The van der Waals surface area contributed by atoms with Gasteiger partial charge in [0.15, 0.2) is 6.61 Å². The van der Waals surface area contributed by atoms with Gasteiger partial charge in [0.25, 0.3) is 5.91 Å². The van der Waals surface area contributed by atoms with Crippen LogP contribution in [0.25, 0.3) is 0 Å². The van der Waals surface area contributed by atoms with E-state index in [4.69, 9.17) is 4.74 Å². The highest BCUT2D eigenvalue weighted by molar-refractivity contribution is 5.95. The zero-order valence-corrected chi connectivity index (χ0v) is 11.9. The maximum Gasteiger partial charge on any atom is 0.262 e. The van der Waals surface area contributed by atoms with Gasteiger partial charge in [0.1, 0.15) is 5.75 Å². The molecule has 1 unspecified atom stereocenters. The summed E-state index contributed by atoms with van der Waals surface area (Å²) in [5, 5.41) is 6.31. The largest absolute Gasteiger partial charge is 0.482 e. The molecule has 1 aliphatic heterocycles. The fourth-order valence-electron chi connectivity index (χ4n) is 2.37. The molecule has 4 heteroatoms. The Kier molecular flexibility index (Phi) is 3.88. The Morgan fingerprint density at radius 1 is 1.24 bits per heavy atom. The number of nitrogens with one attached hydrogen (secondary N) is 2. The molecular weight excluding hydrogens is 264 g/mol. The molecule has 2 N–H and O–H groups in total. The molecule has 0 spiro atoms. The number of rotatable bonds is 4. The second kappa shape index (κ2) is 5.97. The third-order valence-corrected chi connectivity index (χ3v) is 3.59. The summed E-state index contributed by atoms with van der Waals surface area (Å²) in [7, 11) is 0. The summed E-state index contributed by atoms with van der Waals surface area (Å²) >= 11 is 0. The highest BCUT2D eigenvalue weighted by Crippen LogP contribution is 2.28. The molecule has 3 rings (SSSR count). The van der Waals surface area contributed by atoms with Gasteiger partial charge >= 0.3 is 0 Å². The van der Waals surface area contributed by atoms with Gasteiger partial charge in [-0.05, 0) is 30.2 Å². The Bertz CT molecular complexity index is 640. The first-order chi connectivity index (χ1) is 10.2. The second-order valence-corrected chi connectivity index (χ2v) is 5.18. The van der Waals surface area contributed by atoms with Crippen LogP contribution in [0.2, 0.25) is 0 Å². The molecule has 0 saturated carbocycles. The van der Waals surface area contributed by atoms with Crippen LogP contribution in [-0.4, -0.2) is 12.5 Å². The third-order valence-electron chi connectivity index (χ3n) is 3.59. The van der Waals surface area contributed by atoms with Crippen molar-refractivity contribution in [3.05, 3.63) is 59.7 Å². The maximum absolute atomic E-state index is 11.3. The van der Waals surface area contributed by atoms with Crippen molar-refractivity contribution < 1.29 is 9.53 Å². The summed E-state index contributed by atoms with van der Waals surface area (Å²) in [5.74, 6) is 0.625. The molecule has 1 atom stereocenters. The number of anilines is 1. The van der Waals surface area contributed by atoms with E-state index in [2.05, 4.69) is 29.7 Å². The van der Waals surface area contributed by atoms with Gasteiger partial charge in [0.05, 0.1) is 5.69 Å². The predicted octanol–water partition coefficient (Wildman–Crippen LogP) is 2.87. The molecule has 0 aromatic heterocycles. The topological polar surface area (TPSA) is 50.4 Å². The van der Waals surface area contributed by atoms with E-state index in [9.17, 15) is 4.79 Å². The number of hydrogen-bond donors (Lipinski definition) is 2. The molecule has 2 aromatic carbocycles. The van der Waals surface area contributed by atoms with Crippen LogP contribution in [0, 0.1) is 0 Å². The first-order valence-electron chi connectivity index (χ1n) is 7.06. The van der Waals surface area contributed by atoms with Crippen LogP contribution in [0.4, 0.5) is 5.69 Å². The molecule has 0 radical (unpaired) electrons. The minimum atomic E-state index is -0.106. The van der Waals surface area contributed by atoms with Crippen molar-refractivity contribution in [1.82, 2.24) is 5.32 Å². The second-order valence-electron chi connectivity index (χ2n) is 5.18. The normalized spacial score (nSPS) is 14.8. The van der Waals surface area contributed by atoms with Crippen LogP contribution in [0.15, 0.2) is 48.5 Å². The Hall–Kier alpha value is -2.33. The summed E-state index contributed by atoms with van der Waals surface area (Å²) in [4.78, 5) is 11.3. The van der Waals surface area contributed by atoms with E-state index in [1.165, 1.54) is 5.56 Å². The maximum atomic E-state index is 11.3. The lowest BCUT2D eigenvalue weighted by Gasteiger charge is -2.19. The molecule has 1 amide bonds. The zero-order chi connectivity index (χ0) is 14.7. The minimum Gasteiger partial charge on any atom is -0.482 e. The molecule has 0 fully saturated rings. The van der Waals surface area contributed by atoms with E-state index >= 15 is 0 Å². The van der Waals surface area contributed by atoms with E-state index in [0.717, 1.165) is 23.5 Å². The average Bonchev–Trinajstić information content (AvgIpc) is 2.53. The Labute approximate surface area is 124 Å². The van der Waals surface area contributed by atoms with Crippen molar-refractivity contribution in [2.24, 2.45) is 0 Å². The van der Waals surface area contributed by atoms with Gasteiger partial charge in [-0.15, -0.1) is 0 Å². The van der Waals surface area contributed by atoms with Crippen LogP contribution in [0.1, 0.15) is 24.1 Å². The number of carbonyl (C=O) groups is 1. The summed E-state index contributed by atoms with van der Waals surface area (Å²) in [6.07, 6.45) is 0. The van der Waals surface area contributed by atoms with Gasteiger partial charge in [-0.2, -0.15) is 0 Å². The Morgan fingerprint density at radius 2 is 2.05 bits per heavy atom. The van der Waals surface area contributed by atoms with Crippen LogP contribution >= 0.6 is 0 Å². The Morgan fingerprint density at radius 3 is 2.86 bits per heavy atom. The van der Waals surface area contributed by atoms with Gasteiger partial charge in [-0.1, -0.05) is 36.4 Å². The molecule has 0 aliphatic carbocycles. The van der Waals surface area contributed by atoms with Gasteiger partial charge in [0.2, 0.25) is 0 Å². The number of carbonyl (C=O) groups excluding carboxylic acids is 1. The van der Waals surface area contributed by atoms with Crippen molar-refractivity contribution in [2.75, 3.05) is 11.9 Å². The minimum absolute atomic E-state index is 0.0929. The van der Waals surface area contributed by atoms with Gasteiger partial charge in [0, 0.05) is 12.6 Å². The van der Waals surface area contributed by atoms with Gasteiger partial charge in [-0.25, -0.2) is 0 Å². The fraction of sp³-hybridized carbons (Fsp3) is 0.235. The molecule has 2 aromatic rings. The first kappa shape index (κ1) is 13.6. The predicted molar refractivity (Wildman–Crippen MR) is 82.3 cm³/mol. The quantitative estimate of drug-likeness (QED) is 0.906. The molecule has 1 heterocycles. The highest BCUT2D eigenvalue weighted by atomic mass is 16.5. The monoisotopic (exact) mass is 282 g/mol. The van der Waals surface area contributed by atoms with E-state index in [1.54, 1.807) is 0 Å². The summed E-state index contributed by atoms with van der Waals surface area (Å²) in [5.41, 5.74) is 3.12. The number of hydrogen-bond acceptors (Lipinski definition) is 3. The summed E-state index contributed by atoms with van der Waals surface area (Å²) in [6.45, 7) is 2.97. The molecule has 108 valence electrons. The van der Waals surface area contributed by atoms with Crippen molar-refractivity contribution in [3.63, 3.8) is 0 Å². The van der Waals surface area contributed by atoms with Crippen molar-refractivity contribution in [2.45, 2.75) is 19.5 Å². The van der Waals surface area contributed by atoms with Gasteiger partial charge in [-0.3, -0.25) is 4.79 Å². The third kappa shape index (κ3) is 3.23. The lowest BCUT2D eigenvalue weighted by molar-refractivity contribution is -0.118. The van der Waals surface area contributed by atoms with E-state index in [0.29, 0.717) is 0 Å². The van der Waals surface area contributed by atoms with Gasteiger partial charge < -0.3 is 15.4 Å². The molecule has 1 aliphatic rings. The SMILES string of the molecule is CC(NCc1ccc2c(c1)NC(=O)CO2)c1ccccc1. The summed E-state index contributed by atoms with van der Waals surface area (Å²) in [6, 6.07) is 16.5. The van der Waals surface area contributed by atoms with Crippen LogP contribution in [0.5, 0.6) is 5.75 Å². The average molecular weight is 282 g/mol. The molecule has 0 bridgehead atoms. The van der Waals surface area contributed by atoms with Crippen LogP contribution in [-0.2, 0) is 11.3 Å². The lowest BCUT2D eigenvalue weighted by atomic mass is 10.1. The zero-order valence-electron chi connectivity index (χ0n) is 11.9. The number of ether oxygens (including phenoxy) is 1. The molecular formula is C17H18N2O2. The molecule has 0 saturated heterocycles. The fourth-order valence-corrected chi connectivity index (χ4v) is 2.37. The van der Waals surface area contributed by atoms with Crippen molar-refractivity contribution in [1.29, 1.82) is 0 Å². The molecule has 21 heavy (non-hydrogen) atoms. The van der Waals surface area contributed by atoms with E-state index in [1.807, 2.05) is 36.4 Å².